The molecular weight excluding hydrogens is 330 g/mol. The molecule has 1 amide bonds. The first kappa shape index (κ1) is 18.5. The Labute approximate surface area is 143 Å². The molecule has 0 aliphatic heterocycles. The first-order valence-electron chi connectivity index (χ1n) is 7.53. The summed E-state index contributed by atoms with van der Waals surface area (Å²) in [5.41, 5.74) is 0.822. The maximum absolute atomic E-state index is 11.5. The van der Waals surface area contributed by atoms with Crippen molar-refractivity contribution in [3.05, 3.63) is 41.7 Å². The van der Waals surface area contributed by atoms with Gasteiger partial charge in [0.25, 0.3) is 0 Å². The molecule has 2 aromatic rings. The number of aryl methyl sites for hydroxylation is 1. The summed E-state index contributed by atoms with van der Waals surface area (Å²) in [6, 6.07) is 7.98. The SMILES string of the molecule is COCn1nnc(CCC(C(=O)O)N(C=O)OCc2ccccc2)n1. The van der Waals surface area contributed by atoms with Gasteiger partial charge in [0.1, 0.15) is 6.61 Å². The van der Waals surface area contributed by atoms with Crippen molar-refractivity contribution in [1.82, 2.24) is 25.3 Å². The average molecular weight is 349 g/mol. The molecule has 1 aromatic heterocycles. The van der Waals surface area contributed by atoms with Crippen molar-refractivity contribution in [3.8, 4) is 0 Å². The van der Waals surface area contributed by atoms with Crippen LogP contribution in [0.2, 0.25) is 0 Å². The van der Waals surface area contributed by atoms with E-state index in [9.17, 15) is 14.7 Å². The van der Waals surface area contributed by atoms with Gasteiger partial charge in [0.15, 0.2) is 18.6 Å². The molecule has 0 bridgehead atoms. The third-order valence-electron chi connectivity index (χ3n) is 3.30. The Bertz CT molecular complexity index is 678. The lowest BCUT2D eigenvalue weighted by molar-refractivity contribution is -0.201. The molecule has 0 spiro atoms. The van der Waals surface area contributed by atoms with Gasteiger partial charge in [0.2, 0.25) is 6.41 Å². The average Bonchev–Trinajstić information content (AvgIpc) is 3.06. The second-order valence-electron chi connectivity index (χ2n) is 5.11. The van der Waals surface area contributed by atoms with Crippen molar-refractivity contribution in [2.45, 2.75) is 32.2 Å². The molecular formula is C15H19N5O5. The van der Waals surface area contributed by atoms with Gasteiger partial charge in [-0.05, 0) is 17.2 Å². The number of ether oxygens (including phenoxy) is 1. The van der Waals surface area contributed by atoms with Gasteiger partial charge in [0.05, 0.1) is 0 Å². The van der Waals surface area contributed by atoms with E-state index in [1.165, 1.54) is 11.9 Å². The van der Waals surface area contributed by atoms with Crippen LogP contribution in [0.1, 0.15) is 17.8 Å². The summed E-state index contributed by atoms with van der Waals surface area (Å²) in [6.07, 6.45) is 0.665. The number of methoxy groups -OCH3 is 1. The van der Waals surface area contributed by atoms with Crippen LogP contribution in [-0.4, -0.2) is 55.9 Å². The van der Waals surface area contributed by atoms with Crippen LogP contribution in [0.5, 0.6) is 0 Å². The third kappa shape index (κ3) is 5.62. The third-order valence-corrected chi connectivity index (χ3v) is 3.30. The number of rotatable bonds is 11. The first-order valence-corrected chi connectivity index (χ1v) is 7.53. The summed E-state index contributed by atoms with van der Waals surface area (Å²) >= 11 is 0. The highest BCUT2D eigenvalue weighted by molar-refractivity contribution is 5.75. The molecule has 1 aromatic carbocycles. The summed E-state index contributed by atoms with van der Waals surface area (Å²) < 4.78 is 4.86. The number of hydrogen-bond donors (Lipinski definition) is 1. The predicted molar refractivity (Wildman–Crippen MR) is 83.7 cm³/mol. The van der Waals surface area contributed by atoms with Gasteiger partial charge in [-0.1, -0.05) is 30.3 Å². The van der Waals surface area contributed by atoms with Gasteiger partial charge < -0.3 is 9.84 Å². The molecule has 0 aliphatic carbocycles. The summed E-state index contributed by atoms with van der Waals surface area (Å²) in [5, 5.41) is 21.8. The number of hydrogen-bond acceptors (Lipinski definition) is 7. The molecule has 1 heterocycles. The van der Waals surface area contributed by atoms with Crippen LogP contribution in [0.25, 0.3) is 0 Å². The number of carbonyl (C=O) groups is 2. The minimum atomic E-state index is -1.18. The van der Waals surface area contributed by atoms with Crippen LogP contribution in [0.4, 0.5) is 0 Å². The molecule has 0 aliphatic rings. The number of benzene rings is 1. The first-order chi connectivity index (χ1) is 12.1. The van der Waals surface area contributed by atoms with Crippen molar-refractivity contribution in [1.29, 1.82) is 0 Å². The molecule has 0 fully saturated rings. The summed E-state index contributed by atoms with van der Waals surface area (Å²) in [6.45, 7) is 0.238. The van der Waals surface area contributed by atoms with Crippen molar-refractivity contribution >= 4 is 12.4 Å². The van der Waals surface area contributed by atoms with E-state index < -0.39 is 12.0 Å². The lowest BCUT2D eigenvalue weighted by Gasteiger charge is -2.23. The Morgan fingerprint density at radius 2 is 2.16 bits per heavy atom. The number of carbonyl (C=O) groups excluding carboxylic acids is 1. The Morgan fingerprint density at radius 3 is 2.80 bits per heavy atom. The van der Waals surface area contributed by atoms with E-state index >= 15 is 0 Å². The molecule has 10 heteroatoms. The van der Waals surface area contributed by atoms with Gasteiger partial charge in [0, 0.05) is 13.5 Å². The largest absolute Gasteiger partial charge is 0.480 e. The highest BCUT2D eigenvalue weighted by Crippen LogP contribution is 2.10. The monoisotopic (exact) mass is 349 g/mol. The normalized spacial score (nSPS) is 11.9. The minimum Gasteiger partial charge on any atom is -0.480 e. The highest BCUT2D eigenvalue weighted by Gasteiger charge is 2.26. The fourth-order valence-electron chi connectivity index (χ4n) is 2.09. The molecule has 25 heavy (non-hydrogen) atoms. The van der Waals surface area contributed by atoms with Crippen LogP contribution < -0.4 is 0 Å². The molecule has 0 saturated carbocycles. The number of nitrogens with zero attached hydrogens (tertiary/aromatic N) is 5. The number of tetrazole rings is 1. The number of aliphatic carboxylic acids is 1. The highest BCUT2D eigenvalue weighted by atomic mass is 16.7. The van der Waals surface area contributed by atoms with E-state index in [4.69, 9.17) is 9.57 Å². The Balaban J connectivity index is 1.94. The Morgan fingerprint density at radius 1 is 1.40 bits per heavy atom. The fourth-order valence-corrected chi connectivity index (χ4v) is 2.09. The maximum Gasteiger partial charge on any atom is 0.329 e. The Hall–Kier alpha value is -2.85. The Kier molecular flexibility index (Phi) is 6.99. The standard InChI is InChI=1S/C15H19N5O5/c1-24-11-20-17-14(16-18-20)8-7-13(15(22)23)19(10-21)25-9-12-5-3-2-4-6-12/h2-6,10,13H,7-9,11H2,1H3,(H,22,23). The topological polar surface area (TPSA) is 120 Å². The molecule has 1 atom stereocenters. The smallest absolute Gasteiger partial charge is 0.329 e. The number of amides is 1. The lowest BCUT2D eigenvalue weighted by atomic mass is 10.1. The zero-order valence-electron chi connectivity index (χ0n) is 13.7. The van der Waals surface area contributed by atoms with Crippen molar-refractivity contribution in [2.75, 3.05) is 7.11 Å². The molecule has 1 N–H and O–H groups in total. The van der Waals surface area contributed by atoms with Crippen LogP contribution in [0, 0.1) is 0 Å². The van der Waals surface area contributed by atoms with Gasteiger partial charge in [-0.15, -0.1) is 15.0 Å². The fraction of sp³-hybridized carbons (Fsp3) is 0.400. The van der Waals surface area contributed by atoms with E-state index in [2.05, 4.69) is 15.4 Å². The predicted octanol–water partition coefficient (Wildman–Crippen LogP) is 0.253. The number of hydroxylamine groups is 2. The quantitative estimate of drug-likeness (QED) is 0.453. The molecule has 1 unspecified atom stereocenters. The van der Waals surface area contributed by atoms with Crippen LogP contribution >= 0.6 is 0 Å². The van der Waals surface area contributed by atoms with Crippen LogP contribution in [-0.2, 0) is 38.9 Å². The van der Waals surface area contributed by atoms with Crippen molar-refractivity contribution in [3.63, 3.8) is 0 Å². The van der Waals surface area contributed by atoms with Crippen molar-refractivity contribution in [2.24, 2.45) is 0 Å². The summed E-state index contributed by atoms with van der Waals surface area (Å²) in [7, 11) is 1.50. The molecule has 0 saturated heterocycles. The molecule has 0 radical (unpaired) electrons. The maximum atomic E-state index is 11.5. The van der Waals surface area contributed by atoms with E-state index in [0.29, 0.717) is 12.2 Å². The molecule has 134 valence electrons. The second kappa shape index (κ2) is 9.45. The van der Waals surface area contributed by atoms with E-state index in [0.717, 1.165) is 10.6 Å². The van der Waals surface area contributed by atoms with Gasteiger partial charge in [-0.25, -0.2) is 9.86 Å². The van der Waals surface area contributed by atoms with Crippen molar-refractivity contribution < 1.29 is 24.3 Å². The number of aromatic nitrogens is 4. The summed E-state index contributed by atoms with van der Waals surface area (Å²) in [5.74, 6) is -0.818. The van der Waals surface area contributed by atoms with Gasteiger partial charge in [-0.3, -0.25) is 9.63 Å². The number of carboxylic acids is 1. The van der Waals surface area contributed by atoms with Crippen LogP contribution in [0.3, 0.4) is 0 Å². The van der Waals surface area contributed by atoms with E-state index in [-0.39, 0.29) is 26.2 Å². The second-order valence-corrected chi connectivity index (χ2v) is 5.11. The van der Waals surface area contributed by atoms with E-state index in [1.807, 2.05) is 30.3 Å². The molecule has 2 rings (SSSR count). The minimum absolute atomic E-state index is 0.0849. The zero-order valence-corrected chi connectivity index (χ0v) is 13.7. The number of carboxylic acid groups (broad SMARTS) is 1. The summed E-state index contributed by atoms with van der Waals surface area (Å²) in [4.78, 5) is 29.3. The van der Waals surface area contributed by atoms with Gasteiger partial charge >= 0.3 is 5.97 Å². The van der Waals surface area contributed by atoms with E-state index in [1.54, 1.807) is 0 Å². The zero-order chi connectivity index (χ0) is 18.1. The van der Waals surface area contributed by atoms with Crippen LogP contribution in [0.15, 0.2) is 30.3 Å². The lowest BCUT2D eigenvalue weighted by Crippen LogP contribution is -2.40. The molecule has 10 nitrogen and oxygen atoms in total. The van der Waals surface area contributed by atoms with Gasteiger partial charge in [-0.2, -0.15) is 0 Å².